The van der Waals surface area contributed by atoms with Gasteiger partial charge in [0.1, 0.15) is 10.6 Å². The van der Waals surface area contributed by atoms with Crippen LogP contribution in [0.25, 0.3) is 21.3 Å². The van der Waals surface area contributed by atoms with Crippen molar-refractivity contribution < 1.29 is 9.53 Å². The van der Waals surface area contributed by atoms with E-state index in [0.29, 0.717) is 31.8 Å². The Labute approximate surface area is 203 Å². The van der Waals surface area contributed by atoms with E-state index < -0.39 is 0 Å². The number of fused-ring (bicyclic) bond motifs is 1. The number of nitrogens with one attached hydrogen (secondary N) is 1. The Kier molecular flexibility index (Phi) is 7.17. The number of halogens is 1. The number of allylic oxidation sites excluding steroid dienone is 1. The van der Waals surface area contributed by atoms with Crippen LogP contribution in [0.15, 0.2) is 76.5 Å². The van der Waals surface area contributed by atoms with Gasteiger partial charge in [-0.1, -0.05) is 59.8 Å². The molecule has 9 heteroatoms. The number of nitrogens with zero attached hydrogens (tertiary/aromatic N) is 2. The molecule has 0 aliphatic rings. The topological polar surface area (TPSA) is 73.2 Å². The Morgan fingerprint density at radius 3 is 2.82 bits per heavy atom. The van der Waals surface area contributed by atoms with Crippen molar-refractivity contribution in [2.24, 2.45) is 0 Å². The molecule has 0 fully saturated rings. The standard InChI is InChI=1S/C24H20ClN3O3S2/c1-3-11-28-23(30)21-17(15-7-5-4-6-8-15)13-32-22(21)27-24(28)33-14-20(29)26-18-12-16(25)9-10-19(18)31-2/h3-10,12-13H,1,11,14H2,2H3,(H,26,29). The van der Waals surface area contributed by atoms with Gasteiger partial charge in [-0.25, -0.2) is 4.98 Å². The summed E-state index contributed by atoms with van der Waals surface area (Å²) in [5.74, 6) is 0.297. The van der Waals surface area contributed by atoms with Crippen LogP contribution in [0.2, 0.25) is 5.02 Å². The van der Waals surface area contributed by atoms with E-state index in [1.165, 1.54) is 30.2 Å². The molecule has 4 rings (SSSR count). The second-order valence-corrected chi connectivity index (χ2v) is 9.21. The third-order valence-electron chi connectivity index (χ3n) is 4.82. The summed E-state index contributed by atoms with van der Waals surface area (Å²) in [6.07, 6.45) is 1.64. The van der Waals surface area contributed by atoms with Gasteiger partial charge in [-0.3, -0.25) is 14.2 Å². The van der Waals surface area contributed by atoms with E-state index in [4.69, 9.17) is 21.3 Å². The number of amides is 1. The second kappa shape index (κ2) is 10.2. The second-order valence-electron chi connectivity index (χ2n) is 6.98. The van der Waals surface area contributed by atoms with Gasteiger partial charge in [0.2, 0.25) is 5.91 Å². The average Bonchev–Trinajstić information content (AvgIpc) is 3.25. The summed E-state index contributed by atoms with van der Waals surface area (Å²) in [4.78, 5) is 31.3. The van der Waals surface area contributed by atoms with Crippen LogP contribution in [0, 0.1) is 0 Å². The number of hydrogen-bond acceptors (Lipinski definition) is 6. The normalized spacial score (nSPS) is 10.8. The first kappa shape index (κ1) is 23.1. The van der Waals surface area contributed by atoms with Crippen molar-refractivity contribution >= 4 is 56.5 Å². The number of rotatable bonds is 8. The molecular formula is C24H20ClN3O3S2. The molecule has 0 bridgehead atoms. The molecule has 33 heavy (non-hydrogen) atoms. The number of carbonyl (C=O) groups excluding carboxylic acids is 1. The highest BCUT2D eigenvalue weighted by Crippen LogP contribution is 2.32. The minimum Gasteiger partial charge on any atom is -0.495 e. The van der Waals surface area contributed by atoms with Gasteiger partial charge in [0, 0.05) is 22.5 Å². The summed E-state index contributed by atoms with van der Waals surface area (Å²) in [5.41, 5.74) is 2.14. The molecule has 0 atom stereocenters. The number of carbonyl (C=O) groups is 1. The molecule has 0 aliphatic carbocycles. The Bertz CT molecular complexity index is 1380. The molecule has 0 aliphatic heterocycles. The molecule has 2 aromatic heterocycles. The molecule has 1 amide bonds. The first-order valence-corrected chi connectivity index (χ1v) is 12.2. The number of benzene rings is 2. The fourth-order valence-electron chi connectivity index (χ4n) is 3.33. The monoisotopic (exact) mass is 497 g/mol. The van der Waals surface area contributed by atoms with Gasteiger partial charge in [0.05, 0.1) is 23.9 Å². The Morgan fingerprint density at radius 1 is 1.30 bits per heavy atom. The van der Waals surface area contributed by atoms with Crippen LogP contribution < -0.4 is 15.6 Å². The van der Waals surface area contributed by atoms with E-state index in [1.807, 2.05) is 35.7 Å². The minimum atomic E-state index is -0.267. The summed E-state index contributed by atoms with van der Waals surface area (Å²) in [6, 6.07) is 14.7. The summed E-state index contributed by atoms with van der Waals surface area (Å²) < 4.78 is 6.82. The van der Waals surface area contributed by atoms with E-state index >= 15 is 0 Å². The number of thiophene rings is 1. The van der Waals surface area contributed by atoms with Crippen LogP contribution in [0.5, 0.6) is 5.75 Å². The SMILES string of the molecule is C=CCn1c(SCC(=O)Nc2cc(Cl)ccc2OC)nc2scc(-c3ccccc3)c2c1=O. The van der Waals surface area contributed by atoms with E-state index in [1.54, 1.807) is 28.8 Å². The Morgan fingerprint density at radius 2 is 2.09 bits per heavy atom. The minimum absolute atomic E-state index is 0.0572. The first-order chi connectivity index (χ1) is 16.0. The van der Waals surface area contributed by atoms with Crippen molar-refractivity contribution in [1.29, 1.82) is 0 Å². The number of ether oxygens (including phenoxy) is 1. The number of anilines is 1. The highest BCUT2D eigenvalue weighted by Gasteiger charge is 2.18. The summed E-state index contributed by atoms with van der Waals surface area (Å²) in [6.45, 7) is 4.05. The lowest BCUT2D eigenvalue weighted by Crippen LogP contribution is -2.23. The van der Waals surface area contributed by atoms with Crippen molar-refractivity contribution in [2.75, 3.05) is 18.2 Å². The number of methoxy groups -OCH3 is 1. The van der Waals surface area contributed by atoms with Gasteiger partial charge in [-0.15, -0.1) is 17.9 Å². The molecule has 2 heterocycles. The average molecular weight is 498 g/mol. The third kappa shape index (κ3) is 4.98. The van der Waals surface area contributed by atoms with Crippen molar-refractivity contribution in [3.8, 4) is 16.9 Å². The molecule has 2 aromatic carbocycles. The molecular weight excluding hydrogens is 478 g/mol. The van der Waals surface area contributed by atoms with Gasteiger partial charge in [0.25, 0.3) is 5.56 Å². The van der Waals surface area contributed by atoms with Crippen molar-refractivity contribution in [3.05, 3.63) is 81.9 Å². The largest absolute Gasteiger partial charge is 0.495 e. The van der Waals surface area contributed by atoms with Crippen molar-refractivity contribution in [3.63, 3.8) is 0 Å². The predicted octanol–water partition coefficient (Wildman–Crippen LogP) is 5.70. The van der Waals surface area contributed by atoms with Gasteiger partial charge in [-0.2, -0.15) is 0 Å². The maximum Gasteiger partial charge on any atom is 0.263 e. The Balaban J connectivity index is 1.62. The van der Waals surface area contributed by atoms with Crippen LogP contribution >= 0.6 is 34.7 Å². The lowest BCUT2D eigenvalue weighted by Gasteiger charge is -2.12. The maximum atomic E-state index is 13.4. The molecule has 0 saturated carbocycles. The van der Waals surface area contributed by atoms with Crippen LogP contribution in [0.4, 0.5) is 5.69 Å². The fourth-order valence-corrected chi connectivity index (χ4v) is 5.30. The summed E-state index contributed by atoms with van der Waals surface area (Å²) in [7, 11) is 1.52. The molecule has 0 radical (unpaired) electrons. The van der Waals surface area contributed by atoms with Crippen LogP contribution in [0.1, 0.15) is 0 Å². The van der Waals surface area contributed by atoms with Crippen molar-refractivity contribution in [2.45, 2.75) is 11.7 Å². The number of aromatic nitrogens is 2. The first-order valence-electron chi connectivity index (χ1n) is 9.96. The zero-order chi connectivity index (χ0) is 23.4. The quantitative estimate of drug-likeness (QED) is 0.192. The molecule has 6 nitrogen and oxygen atoms in total. The number of hydrogen-bond donors (Lipinski definition) is 1. The van der Waals surface area contributed by atoms with E-state index in [-0.39, 0.29) is 23.8 Å². The van der Waals surface area contributed by atoms with Gasteiger partial charge in [-0.05, 0) is 23.8 Å². The zero-order valence-electron chi connectivity index (χ0n) is 17.7. The fraction of sp³-hybridized carbons (Fsp3) is 0.125. The highest BCUT2D eigenvalue weighted by atomic mass is 35.5. The van der Waals surface area contributed by atoms with Crippen molar-refractivity contribution in [1.82, 2.24) is 9.55 Å². The molecule has 0 saturated heterocycles. The van der Waals surface area contributed by atoms with E-state index in [0.717, 1.165) is 11.1 Å². The zero-order valence-corrected chi connectivity index (χ0v) is 20.1. The van der Waals surface area contributed by atoms with E-state index in [2.05, 4.69) is 11.9 Å². The predicted molar refractivity (Wildman–Crippen MR) is 137 cm³/mol. The highest BCUT2D eigenvalue weighted by molar-refractivity contribution is 7.99. The summed E-state index contributed by atoms with van der Waals surface area (Å²) >= 11 is 8.64. The van der Waals surface area contributed by atoms with Gasteiger partial charge >= 0.3 is 0 Å². The lowest BCUT2D eigenvalue weighted by atomic mass is 10.1. The van der Waals surface area contributed by atoms with Crippen LogP contribution in [-0.2, 0) is 11.3 Å². The number of thioether (sulfide) groups is 1. The molecule has 1 N–H and O–H groups in total. The maximum absolute atomic E-state index is 13.4. The summed E-state index contributed by atoms with van der Waals surface area (Å²) in [5, 5.41) is 6.26. The van der Waals surface area contributed by atoms with Gasteiger partial charge in [0.15, 0.2) is 5.16 Å². The smallest absolute Gasteiger partial charge is 0.263 e. The molecule has 0 unspecified atom stereocenters. The van der Waals surface area contributed by atoms with Crippen LogP contribution in [0.3, 0.4) is 0 Å². The van der Waals surface area contributed by atoms with Crippen LogP contribution in [-0.4, -0.2) is 28.3 Å². The lowest BCUT2D eigenvalue weighted by molar-refractivity contribution is -0.113. The Hall–Kier alpha value is -3.07. The van der Waals surface area contributed by atoms with Gasteiger partial charge < -0.3 is 10.1 Å². The molecule has 0 spiro atoms. The molecule has 168 valence electrons. The van der Waals surface area contributed by atoms with E-state index in [9.17, 15) is 9.59 Å². The third-order valence-corrected chi connectivity index (χ3v) is 6.91. The molecule has 4 aromatic rings.